The zero-order valence-corrected chi connectivity index (χ0v) is 25.5. The number of rotatable bonds is 9. The molecule has 2 N–H and O–H groups in total. The zero-order chi connectivity index (χ0) is 29.4. The second kappa shape index (κ2) is 14.2. The minimum atomic E-state index is -0.626. The smallest absolute Gasteiger partial charge is 0.410 e. The monoisotopic (exact) mass is 627 g/mol. The molecule has 13 heteroatoms. The maximum atomic E-state index is 12.9. The Morgan fingerprint density at radius 2 is 1.77 bits per heavy atom. The van der Waals surface area contributed by atoms with Crippen LogP contribution in [0.1, 0.15) is 52.1 Å². The van der Waals surface area contributed by atoms with Crippen molar-refractivity contribution in [3.8, 4) is 0 Å². The van der Waals surface area contributed by atoms with Gasteiger partial charge in [-0.2, -0.15) is 0 Å². The van der Waals surface area contributed by atoms with Crippen LogP contribution < -0.4 is 10.6 Å². The van der Waals surface area contributed by atoms with Crippen LogP contribution in [0.15, 0.2) is 43.0 Å². The zero-order valence-electron chi connectivity index (χ0n) is 22.3. The minimum Gasteiger partial charge on any atom is -0.452 e. The molecule has 1 aromatic carbocycles. The van der Waals surface area contributed by atoms with Crippen molar-refractivity contribution in [1.29, 1.82) is 0 Å². The molecule has 1 aliphatic heterocycles. The molecular formula is C27H31Cl2N3O6S2. The van der Waals surface area contributed by atoms with Crippen molar-refractivity contribution in [3.05, 3.63) is 68.3 Å². The number of ether oxygens (including phenoxy) is 2. The SMILES string of the molecule is C=CCOC(=O)N1C[C@@H](SC(=O)OC(C)(C)C)C[C@H]1CNC(=O)c1ccc(C(=O)NCc2ccc(Cl)c(Cl)c2)s1. The molecule has 0 radical (unpaired) electrons. The molecule has 2 atom stereocenters. The molecule has 0 bridgehead atoms. The Kier molecular flexibility index (Phi) is 11.3. The van der Waals surface area contributed by atoms with Crippen molar-refractivity contribution in [2.75, 3.05) is 19.7 Å². The largest absolute Gasteiger partial charge is 0.452 e. The van der Waals surface area contributed by atoms with E-state index >= 15 is 0 Å². The molecule has 216 valence electrons. The van der Waals surface area contributed by atoms with Crippen LogP contribution in [0.4, 0.5) is 9.59 Å². The van der Waals surface area contributed by atoms with Gasteiger partial charge < -0.3 is 25.0 Å². The topological polar surface area (TPSA) is 114 Å². The number of thiophene rings is 1. The summed E-state index contributed by atoms with van der Waals surface area (Å²) in [7, 11) is 0. The van der Waals surface area contributed by atoms with Gasteiger partial charge in [0.1, 0.15) is 12.2 Å². The Bertz CT molecular complexity index is 1260. The Morgan fingerprint density at radius 1 is 1.10 bits per heavy atom. The van der Waals surface area contributed by atoms with E-state index in [1.54, 1.807) is 51.1 Å². The van der Waals surface area contributed by atoms with Crippen molar-refractivity contribution in [3.63, 3.8) is 0 Å². The number of hydrogen-bond donors (Lipinski definition) is 2. The van der Waals surface area contributed by atoms with E-state index in [4.69, 9.17) is 32.7 Å². The Hall–Kier alpha value is -2.73. The number of hydrogen-bond acceptors (Lipinski definition) is 8. The van der Waals surface area contributed by atoms with Gasteiger partial charge in [-0.25, -0.2) is 9.59 Å². The number of benzene rings is 1. The van der Waals surface area contributed by atoms with Crippen molar-refractivity contribution in [2.24, 2.45) is 0 Å². The maximum absolute atomic E-state index is 12.9. The molecule has 0 unspecified atom stereocenters. The van der Waals surface area contributed by atoms with Crippen molar-refractivity contribution in [1.82, 2.24) is 15.5 Å². The van der Waals surface area contributed by atoms with Gasteiger partial charge in [0.15, 0.2) is 0 Å². The molecule has 1 aliphatic rings. The van der Waals surface area contributed by atoms with Crippen LogP contribution >= 0.6 is 46.3 Å². The Morgan fingerprint density at radius 3 is 2.40 bits per heavy atom. The van der Waals surface area contributed by atoms with Crippen LogP contribution in [-0.4, -0.2) is 64.7 Å². The summed E-state index contributed by atoms with van der Waals surface area (Å²) in [6.07, 6.45) is 1.37. The van der Waals surface area contributed by atoms with Gasteiger partial charge in [0.2, 0.25) is 0 Å². The molecule has 9 nitrogen and oxygen atoms in total. The number of amides is 3. The first-order valence-electron chi connectivity index (χ1n) is 12.4. The average molecular weight is 629 g/mol. The van der Waals surface area contributed by atoms with Gasteiger partial charge in [0.05, 0.1) is 25.8 Å². The normalized spacial score (nSPS) is 16.8. The summed E-state index contributed by atoms with van der Waals surface area (Å²) in [6.45, 7) is 9.61. The molecule has 0 aliphatic carbocycles. The van der Waals surface area contributed by atoms with Gasteiger partial charge in [-0.3, -0.25) is 9.59 Å². The standard InChI is InChI=1S/C27H31Cl2N3O6S2/c1-5-10-37-25(35)32-15-18(39-26(36)38-27(2,3)4)12-17(32)14-31-24(34)22-9-8-21(40-22)23(33)30-13-16-6-7-19(28)20(29)11-16/h5-9,11,17-18H,1,10,12-15H2,2-4H3,(H,30,33)(H,31,34)/t17-,18-/m0/s1. The molecule has 3 rings (SSSR count). The highest BCUT2D eigenvalue weighted by Crippen LogP contribution is 2.30. The van der Waals surface area contributed by atoms with Gasteiger partial charge in [-0.15, -0.1) is 11.3 Å². The van der Waals surface area contributed by atoms with Crippen molar-refractivity contribution >= 4 is 69.5 Å². The average Bonchev–Trinajstić information content (AvgIpc) is 3.53. The van der Waals surface area contributed by atoms with Gasteiger partial charge in [0.25, 0.3) is 11.8 Å². The first-order valence-corrected chi connectivity index (χ1v) is 14.9. The number of carbonyl (C=O) groups excluding carboxylic acids is 4. The highest BCUT2D eigenvalue weighted by molar-refractivity contribution is 8.13. The molecule has 0 spiro atoms. The van der Waals surface area contributed by atoms with Crippen LogP contribution in [-0.2, 0) is 16.0 Å². The van der Waals surface area contributed by atoms with E-state index in [-0.39, 0.29) is 43.3 Å². The molecule has 0 saturated carbocycles. The summed E-state index contributed by atoms with van der Waals surface area (Å²) in [5, 5.41) is 5.80. The van der Waals surface area contributed by atoms with E-state index in [0.717, 1.165) is 28.7 Å². The lowest BCUT2D eigenvalue weighted by molar-refractivity contribution is 0.0736. The van der Waals surface area contributed by atoms with Crippen LogP contribution in [0.25, 0.3) is 0 Å². The minimum absolute atomic E-state index is 0.0450. The predicted molar refractivity (Wildman–Crippen MR) is 159 cm³/mol. The third-order valence-corrected chi connectivity index (χ3v) is 8.35. The lowest BCUT2D eigenvalue weighted by Gasteiger charge is -2.23. The fourth-order valence-corrected chi connectivity index (χ4v) is 6.08. The maximum Gasteiger partial charge on any atom is 0.410 e. The molecule has 40 heavy (non-hydrogen) atoms. The molecule has 3 amide bonds. The quantitative estimate of drug-likeness (QED) is 0.253. The lowest BCUT2D eigenvalue weighted by Crippen LogP contribution is -2.43. The highest BCUT2D eigenvalue weighted by Gasteiger charge is 2.38. The van der Waals surface area contributed by atoms with E-state index < -0.39 is 23.0 Å². The molecule has 2 heterocycles. The van der Waals surface area contributed by atoms with Gasteiger partial charge in [0, 0.05) is 24.9 Å². The van der Waals surface area contributed by atoms with Crippen LogP contribution in [0.3, 0.4) is 0 Å². The molecular weight excluding hydrogens is 597 g/mol. The summed E-state index contributed by atoms with van der Waals surface area (Å²) < 4.78 is 10.6. The highest BCUT2D eigenvalue weighted by atomic mass is 35.5. The summed E-state index contributed by atoms with van der Waals surface area (Å²) in [4.78, 5) is 52.6. The third-order valence-electron chi connectivity index (χ3n) is 5.58. The number of carbonyl (C=O) groups is 4. The second-order valence-electron chi connectivity index (χ2n) is 9.92. The van der Waals surface area contributed by atoms with E-state index in [1.807, 2.05) is 0 Å². The Balaban J connectivity index is 1.57. The second-order valence-corrected chi connectivity index (χ2v) is 13.1. The fourth-order valence-electron chi connectivity index (χ4n) is 3.80. The summed E-state index contributed by atoms with van der Waals surface area (Å²) in [6, 6.07) is 7.84. The molecule has 1 saturated heterocycles. The first kappa shape index (κ1) is 31.8. The number of nitrogens with zero attached hydrogens (tertiary/aromatic N) is 1. The third kappa shape index (κ3) is 9.43. The van der Waals surface area contributed by atoms with E-state index in [2.05, 4.69) is 17.2 Å². The number of likely N-dealkylation sites (tertiary alicyclic amines) is 1. The van der Waals surface area contributed by atoms with Crippen LogP contribution in [0.2, 0.25) is 10.0 Å². The predicted octanol–water partition coefficient (Wildman–Crippen LogP) is 6.15. The Labute approximate surface area is 251 Å². The molecule has 1 fully saturated rings. The van der Waals surface area contributed by atoms with Crippen LogP contribution in [0, 0.1) is 0 Å². The van der Waals surface area contributed by atoms with Gasteiger partial charge >= 0.3 is 11.4 Å². The number of halogens is 2. The summed E-state index contributed by atoms with van der Waals surface area (Å²) in [5.41, 5.74) is 0.159. The first-order chi connectivity index (χ1) is 18.9. The van der Waals surface area contributed by atoms with Crippen molar-refractivity contribution in [2.45, 2.75) is 50.6 Å². The number of nitrogens with one attached hydrogen (secondary N) is 2. The van der Waals surface area contributed by atoms with E-state index in [0.29, 0.717) is 26.2 Å². The number of thioether (sulfide) groups is 1. The lowest BCUT2D eigenvalue weighted by atomic mass is 10.2. The summed E-state index contributed by atoms with van der Waals surface area (Å²) in [5.74, 6) is -0.708. The van der Waals surface area contributed by atoms with Crippen LogP contribution in [0.5, 0.6) is 0 Å². The van der Waals surface area contributed by atoms with E-state index in [9.17, 15) is 19.2 Å². The van der Waals surface area contributed by atoms with E-state index in [1.165, 1.54) is 11.0 Å². The molecule has 2 aromatic rings. The van der Waals surface area contributed by atoms with Gasteiger partial charge in [-0.05, 0) is 68.8 Å². The van der Waals surface area contributed by atoms with Gasteiger partial charge in [-0.1, -0.05) is 41.9 Å². The summed E-state index contributed by atoms with van der Waals surface area (Å²) >= 11 is 14.0. The van der Waals surface area contributed by atoms with Crippen molar-refractivity contribution < 1.29 is 28.7 Å². The molecule has 1 aromatic heterocycles. The fraction of sp³-hybridized carbons (Fsp3) is 0.407.